The largest absolute Gasteiger partial charge is 0.478 e. The third-order valence-electron chi connectivity index (χ3n) is 4.30. The summed E-state index contributed by atoms with van der Waals surface area (Å²) in [5, 5.41) is 12.0. The molecule has 2 aliphatic rings. The van der Waals surface area contributed by atoms with Gasteiger partial charge in [0.25, 0.3) is 5.54 Å². The van der Waals surface area contributed by atoms with Gasteiger partial charge in [-0.05, 0) is 25.2 Å². The molecule has 2 heterocycles. The first-order valence-electron chi connectivity index (χ1n) is 6.52. The molecule has 0 saturated carbocycles. The molecule has 3 atom stereocenters. The zero-order valence-corrected chi connectivity index (χ0v) is 15.3. The summed E-state index contributed by atoms with van der Waals surface area (Å²) in [5.74, 6) is 0.117. The number of hydrogen-bond donors (Lipinski definition) is 0. The van der Waals surface area contributed by atoms with Gasteiger partial charge in [-0.2, -0.15) is 0 Å². The van der Waals surface area contributed by atoms with Crippen molar-refractivity contribution >= 4 is 50.7 Å². The van der Waals surface area contributed by atoms with E-state index in [1.807, 2.05) is 18.0 Å². The molecule has 0 unspecified atom stereocenters. The van der Waals surface area contributed by atoms with Crippen LogP contribution in [0.3, 0.4) is 0 Å². The molecule has 9 heteroatoms. The Morgan fingerprint density at radius 3 is 2.77 bits per heavy atom. The van der Waals surface area contributed by atoms with E-state index in [2.05, 4.69) is 15.9 Å². The molecule has 3 rings (SSSR count). The normalized spacial score (nSPS) is 31.3. The topological polar surface area (TPSA) is 55.6 Å². The Labute approximate surface area is 150 Å². The third kappa shape index (κ3) is 2.40. The van der Waals surface area contributed by atoms with Crippen molar-refractivity contribution in [3.05, 3.63) is 38.3 Å². The van der Waals surface area contributed by atoms with Crippen molar-refractivity contribution in [3.63, 3.8) is 0 Å². The number of ether oxygens (including phenoxy) is 1. The maximum atomic E-state index is 12.0. The number of likely N-dealkylation sites (N-methyl/N-ethyl adjacent to an activating group) is 1. The summed E-state index contributed by atoms with van der Waals surface area (Å²) >= 11 is 21.5. The van der Waals surface area contributed by atoms with Gasteiger partial charge >= 0.3 is 0 Å². The molecule has 1 aromatic rings. The number of rotatable bonds is 1. The third-order valence-corrected chi connectivity index (χ3v) is 5.39. The molecule has 5 nitrogen and oxygen atoms in total. The highest BCUT2D eigenvalue weighted by atomic mass is 79.9. The summed E-state index contributed by atoms with van der Waals surface area (Å²) in [6.45, 7) is 0.667. The number of halogens is 4. The van der Waals surface area contributed by atoms with Gasteiger partial charge in [0.05, 0.1) is 12.5 Å². The maximum absolute atomic E-state index is 12.0. The predicted octanol–water partition coefficient (Wildman–Crippen LogP) is 3.62. The Hall–Kier alpha value is -0.270. The second-order valence-corrected chi connectivity index (χ2v) is 9.00. The van der Waals surface area contributed by atoms with Gasteiger partial charge < -0.3 is 4.74 Å². The van der Waals surface area contributed by atoms with Gasteiger partial charge in [0, 0.05) is 21.5 Å². The zero-order chi connectivity index (χ0) is 16.3. The summed E-state index contributed by atoms with van der Waals surface area (Å²) in [5.41, 5.74) is -0.728. The van der Waals surface area contributed by atoms with Crippen LogP contribution >= 0.6 is 50.7 Å². The number of hydrogen-bond acceptors (Lipinski definition) is 4. The van der Waals surface area contributed by atoms with Crippen molar-refractivity contribution in [3.8, 4) is 5.75 Å². The molecule has 0 spiro atoms. The van der Waals surface area contributed by atoms with Crippen molar-refractivity contribution in [2.45, 2.75) is 21.4 Å². The minimum Gasteiger partial charge on any atom is -0.478 e. The first-order chi connectivity index (χ1) is 10.2. The fourth-order valence-corrected chi connectivity index (χ4v) is 4.55. The van der Waals surface area contributed by atoms with Crippen LogP contribution in [0.4, 0.5) is 0 Å². The summed E-state index contributed by atoms with van der Waals surface area (Å²) in [6, 6.07) is 5.38. The Morgan fingerprint density at radius 2 is 2.18 bits per heavy atom. The molecule has 1 saturated heterocycles. The van der Waals surface area contributed by atoms with Gasteiger partial charge in [-0.3, -0.25) is 15.0 Å². The summed E-state index contributed by atoms with van der Waals surface area (Å²) in [4.78, 5) is 13.5. The van der Waals surface area contributed by atoms with E-state index < -0.39 is 21.4 Å². The predicted molar refractivity (Wildman–Crippen MR) is 88.8 cm³/mol. The Bertz CT molecular complexity index is 639. The van der Waals surface area contributed by atoms with E-state index >= 15 is 0 Å². The molecule has 1 aromatic carbocycles. The SMILES string of the molecule is CN1C[C@@H]2c3cc(Br)ccc3O[C@@H](C(Cl)(Cl)Cl)[C@]2([N+](=O)[O-])C1. The van der Waals surface area contributed by atoms with Crippen LogP contribution in [0.5, 0.6) is 5.75 Å². The first kappa shape index (κ1) is 16.6. The van der Waals surface area contributed by atoms with Gasteiger partial charge in [-0.15, -0.1) is 0 Å². The molecule has 1 fully saturated rings. The van der Waals surface area contributed by atoms with Crippen LogP contribution < -0.4 is 4.74 Å². The van der Waals surface area contributed by atoms with E-state index in [1.165, 1.54) is 0 Å². The molecule has 0 aliphatic carbocycles. The quantitative estimate of drug-likeness (QED) is 0.388. The molecule has 22 heavy (non-hydrogen) atoms. The molecular formula is C13H12BrCl3N2O3. The average molecular weight is 431 g/mol. The summed E-state index contributed by atoms with van der Waals surface area (Å²) < 4.78 is 4.72. The van der Waals surface area contributed by atoms with Crippen LogP contribution in [-0.2, 0) is 0 Å². The van der Waals surface area contributed by atoms with Gasteiger partial charge in [-0.25, -0.2) is 0 Å². The summed E-state index contributed by atoms with van der Waals surface area (Å²) in [6.07, 6.45) is -1.16. The van der Waals surface area contributed by atoms with Crippen molar-refractivity contribution in [1.29, 1.82) is 0 Å². The first-order valence-corrected chi connectivity index (χ1v) is 8.45. The van der Waals surface area contributed by atoms with E-state index in [0.29, 0.717) is 12.3 Å². The van der Waals surface area contributed by atoms with Gasteiger partial charge in [0.2, 0.25) is 9.90 Å². The second-order valence-electron chi connectivity index (χ2n) is 5.72. The number of alkyl halides is 3. The maximum Gasteiger partial charge on any atom is 0.282 e. The molecule has 0 bridgehead atoms. The van der Waals surface area contributed by atoms with Crippen molar-refractivity contribution < 1.29 is 9.66 Å². The van der Waals surface area contributed by atoms with Crippen LogP contribution in [0.15, 0.2) is 22.7 Å². The highest BCUT2D eigenvalue weighted by Gasteiger charge is 2.70. The van der Waals surface area contributed by atoms with Crippen LogP contribution in [0.1, 0.15) is 11.5 Å². The molecule has 0 radical (unpaired) electrons. The standard InChI is InChI=1S/C13H12BrCl3N2O3/c1-18-5-9-8-4-7(14)2-3-10(8)22-11(13(15,16)17)12(9,6-18)19(20)21/h2-4,9,11H,5-6H2,1H3/t9-,11-,12+/m1/s1. The van der Waals surface area contributed by atoms with Crippen molar-refractivity contribution in [2.24, 2.45) is 0 Å². The number of fused-ring (bicyclic) bond motifs is 3. The lowest BCUT2D eigenvalue weighted by Gasteiger charge is -2.41. The fraction of sp³-hybridized carbons (Fsp3) is 0.538. The lowest BCUT2D eigenvalue weighted by atomic mass is 9.76. The molecule has 0 N–H and O–H groups in total. The Morgan fingerprint density at radius 1 is 1.50 bits per heavy atom. The highest BCUT2D eigenvalue weighted by Crippen LogP contribution is 2.54. The zero-order valence-electron chi connectivity index (χ0n) is 11.4. The minimum absolute atomic E-state index is 0.162. The van der Waals surface area contributed by atoms with E-state index in [1.54, 1.807) is 12.1 Å². The van der Waals surface area contributed by atoms with E-state index in [-0.39, 0.29) is 11.5 Å². The highest BCUT2D eigenvalue weighted by molar-refractivity contribution is 9.10. The van der Waals surface area contributed by atoms with E-state index in [9.17, 15) is 10.1 Å². The van der Waals surface area contributed by atoms with Gasteiger partial charge in [0.1, 0.15) is 5.75 Å². The van der Waals surface area contributed by atoms with E-state index in [0.717, 1.165) is 10.0 Å². The van der Waals surface area contributed by atoms with Crippen LogP contribution in [0.25, 0.3) is 0 Å². The van der Waals surface area contributed by atoms with Crippen molar-refractivity contribution in [1.82, 2.24) is 4.90 Å². The number of nitro groups is 1. The van der Waals surface area contributed by atoms with Crippen LogP contribution in [0.2, 0.25) is 0 Å². The Balaban J connectivity index is 2.23. The van der Waals surface area contributed by atoms with E-state index in [4.69, 9.17) is 39.5 Å². The fourth-order valence-electron chi connectivity index (χ4n) is 3.47. The summed E-state index contributed by atoms with van der Waals surface area (Å²) in [7, 11) is 1.82. The molecule has 0 aromatic heterocycles. The lowest BCUT2D eigenvalue weighted by Crippen LogP contribution is -2.63. The smallest absolute Gasteiger partial charge is 0.282 e. The average Bonchev–Trinajstić information content (AvgIpc) is 2.75. The monoisotopic (exact) mass is 428 g/mol. The molecule has 2 aliphatic heterocycles. The van der Waals surface area contributed by atoms with Gasteiger partial charge in [-0.1, -0.05) is 50.7 Å². The molecule has 0 amide bonds. The second kappa shape index (κ2) is 5.38. The number of nitrogens with zero attached hydrogens (tertiary/aromatic N) is 2. The molecular weight excluding hydrogens is 418 g/mol. The number of likely N-dealkylation sites (tertiary alicyclic amines) is 1. The van der Waals surface area contributed by atoms with Crippen LogP contribution in [-0.4, -0.2) is 45.4 Å². The number of benzene rings is 1. The minimum atomic E-state index is -1.90. The van der Waals surface area contributed by atoms with Crippen molar-refractivity contribution in [2.75, 3.05) is 20.1 Å². The lowest BCUT2D eigenvalue weighted by molar-refractivity contribution is -0.581. The van der Waals surface area contributed by atoms with Gasteiger partial charge in [0.15, 0.2) is 0 Å². The Kier molecular flexibility index (Phi) is 4.06. The molecule has 120 valence electrons. The van der Waals surface area contributed by atoms with Crippen LogP contribution in [0, 0.1) is 10.1 Å².